The Kier molecular flexibility index (Phi) is 3.20. The standard InChI is InChI=1S/C14H22N2/c1-11-6-5-7-14(10-11)16-9-8-15(4)12(2)13(16)3/h5-7,10,12-13H,8-9H2,1-4H3. The largest absolute Gasteiger partial charge is 0.366 e. The molecule has 0 spiro atoms. The first-order chi connectivity index (χ1) is 7.59. The van der Waals surface area contributed by atoms with Gasteiger partial charge in [0.25, 0.3) is 0 Å². The van der Waals surface area contributed by atoms with Gasteiger partial charge in [-0.2, -0.15) is 0 Å². The van der Waals surface area contributed by atoms with Crippen LogP contribution in [0.25, 0.3) is 0 Å². The van der Waals surface area contributed by atoms with E-state index in [1.165, 1.54) is 11.3 Å². The molecule has 1 fully saturated rings. The zero-order valence-corrected chi connectivity index (χ0v) is 10.8. The molecule has 2 rings (SSSR count). The maximum Gasteiger partial charge on any atom is 0.0414 e. The Labute approximate surface area is 98.9 Å². The normalized spacial score (nSPS) is 27.1. The average Bonchev–Trinajstić information content (AvgIpc) is 2.26. The first kappa shape index (κ1) is 11.5. The fourth-order valence-corrected chi connectivity index (χ4v) is 2.47. The third-order valence-corrected chi connectivity index (χ3v) is 3.91. The molecule has 1 saturated heterocycles. The van der Waals surface area contributed by atoms with E-state index in [1.54, 1.807) is 0 Å². The zero-order chi connectivity index (χ0) is 11.7. The van der Waals surface area contributed by atoms with Crippen LogP contribution in [0.2, 0.25) is 0 Å². The maximum absolute atomic E-state index is 2.53. The van der Waals surface area contributed by atoms with Crippen molar-refractivity contribution in [1.82, 2.24) is 4.90 Å². The molecule has 0 radical (unpaired) electrons. The van der Waals surface area contributed by atoms with Gasteiger partial charge in [-0.05, 0) is 45.5 Å². The van der Waals surface area contributed by atoms with Crippen molar-refractivity contribution < 1.29 is 0 Å². The van der Waals surface area contributed by atoms with E-state index < -0.39 is 0 Å². The summed E-state index contributed by atoms with van der Waals surface area (Å²) >= 11 is 0. The summed E-state index contributed by atoms with van der Waals surface area (Å²) in [6, 6.07) is 10.0. The van der Waals surface area contributed by atoms with Crippen LogP contribution in [-0.2, 0) is 0 Å². The van der Waals surface area contributed by atoms with Crippen LogP contribution in [0, 0.1) is 6.92 Å². The van der Waals surface area contributed by atoms with E-state index >= 15 is 0 Å². The summed E-state index contributed by atoms with van der Waals surface area (Å²) in [5, 5.41) is 0. The molecule has 1 aromatic rings. The number of likely N-dealkylation sites (N-methyl/N-ethyl adjacent to an activating group) is 1. The van der Waals surface area contributed by atoms with Gasteiger partial charge in [-0.25, -0.2) is 0 Å². The molecule has 0 N–H and O–H groups in total. The Hall–Kier alpha value is -1.02. The van der Waals surface area contributed by atoms with E-state index in [2.05, 4.69) is 61.9 Å². The van der Waals surface area contributed by atoms with Crippen molar-refractivity contribution >= 4 is 5.69 Å². The smallest absolute Gasteiger partial charge is 0.0414 e. The highest BCUT2D eigenvalue weighted by atomic mass is 15.3. The van der Waals surface area contributed by atoms with Crippen LogP contribution in [0.15, 0.2) is 24.3 Å². The summed E-state index contributed by atoms with van der Waals surface area (Å²) in [6.07, 6.45) is 0. The van der Waals surface area contributed by atoms with Gasteiger partial charge in [0.2, 0.25) is 0 Å². The first-order valence-corrected chi connectivity index (χ1v) is 6.13. The van der Waals surface area contributed by atoms with Crippen molar-refractivity contribution in [3.05, 3.63) is 29.8 Å². The Balaban J connectivity index is 2.21. The first-order valence-electron chi connectivity index (χ1n) is 6.13. The molecule has 2 nitrogen and oxygen atoms in total. The fraction of sp³-hybridized carbons (Fsp3) is 0.571. The molecule has 0 bridgehead atoms. The predicted octanol–water partition coefficient (Wildman–Crippen LogP) is 2.52. The van der Waals surface area contributed by atoms with Gasteiger partial charge >= 0.3 is 0 Å². The molecule has 2 atom stereocenters. The van der Waals surface area contributed by atoms with Gasteiger partial charge < -0.3 is 4.90 Å². The number of hydrogen-bond donors (Lipinski definition) is 0. The molecule has 0 amide bonds. The van der Waals surface area contributed by atoms with Crippen molar-refractivity contribution in [3.63, 3.8) is 0 Å². The highest BCUT2D eigenvalue weighted by molar-refractivity contribution is 5.50. The lowest BCUT2D eigenvalue weighted by Crippen LogP contribution is -2.56. The lowest BCUT2D eigenvalue weighted by molar-refractivity contribution is 0.196. The van der Waals surface area contributed by atoms with Gasteiger partial charge in [0.15, 0.2) is 0 Å². The summed E-state index contributed by atoms with van der Waals surface area (Å²) in [7, 11) is 2.22. The van der Waals surface area contributed by atoms with Gasteiger partial charge in [0.1, 0.15) is 0 Å². The molecular weight excluding hydrogens is 196 g/mol. The van der Waals surface area contributed by atoms with Gasteiger partial charge in [-0.3, -0.25) is 4.90 Å². The Morgan fingerprint density at radius 1 is 1.12 bits per heavy atom. The second kappa shape index (κ2) is 4.46. The lowest BCUT2D eigenvalue weighted by atomic mass is 10.0. The summed E-state index contributed by atoms with van der Waals surface area (Å²) in [6.45, 7) is 9.08. The zero-order valence-electron chi connectivity index (χ0n) is 10.8. The predicted molar refractivity (Wildman–Crippen MR) is 70.1 cm³/mol. The Bertz CT molecular complexity index is 362. The number of benzene rings is 1. The highest BCUT2D eigenvalue weighted by Crippen LogP contribution is 2.24. The molecule has 1 aromatic carbocycles. The molecule has 0 aliphatic carbocycles. The molecular formula is C14H22N2. The summed E-state index contributed by atoms with van der Waals surface area (Å²) in [4.78, 5) is 4.97. The van der Waals surface area contributed by atoms with Crippen LogP contribution >= 0.6 is 0 Å². The van der Waals surface area contributed by atoms with Crippen LogP contribution in [0.5, 0.6) is 0 Å². The van der Waals surface area contributed by atoms with E-state index in [4.69, 9.17) is 0 Å². The van der Waals surface area contributed by atoms with Crippen LogP contribution in [0.4, 0.5) is 5.69 Å². The molecule has 0 saturated carbocycles. The van der Waals surface area contributed by atoms with Crippen LogP contribution in [0.1, 0.15) is 19.4 Å². The second-order valence-corrected chi connectivity index (χ2v) is 4.99. The van der Waals surface area contributed by atoms with E-state index in [0.29, 0.717) is 12.1 Å². The minimum absolute atomic E-state index is 0.584. The van der Waals surface area contributed by atoms with Crippen molar-refractivity contribution in [1.29, 1.82) is 0 Å². The summed E-state index contributed by atoms with van der Waals surface area (Å²) in [5.41, 5.74) is 2.71. The van der Waals surface area contributed by atoms with E-state index in [-0.39, 0.29) is 0 Å². The number of hydrogen-bond acceptors (Lipinski definition) is 2. The van der Waals surface area contributed by atoms with Crippen LogP contribution in [-0.4, -0.2) is 37.1 Å². The third-order valence-electron chi connectivity index (χ3n) is 3.91. The van der Waals surface area contributed by atoms with Crippen LogP contribution < -0.4 is 4.90 Å². The molecule has 1 aliphatic rings. The number of anilines is 1. The van der Waals surface area contributed by atoms with Gasteiger partial charge in [-0.15, -0.1) is 0 Å². The monoisotopic (exact) mass is 218 g/mol. The minimum Gasteiger partial charge on any atom is -0.366 e. The lowest BCUT2D eigenvalue weighted by Gasteiger charge is -2.44. The van der Waals surface area contributed by atoms with Gasteiger partial charge in [-0.1, -0.05) is 12.1 Å². The molecule has 16 heavy (non-hydrogen) atoms. The quantitative estimate of drug-likeness (QED) is 0.714. The maximum atomic E-state index is 2.53. The fourth-order valence-electron chi connectivity index (χ4n) is 2.47. The topological polar surface area (TPSA) is 6.48 Å². The third kappa shape index (κ3) is 2.07. The molecule has 88 valence electrons. The van der Waals surface area contributed by atoms with Crippen molar-refractivity contribution in [2.24, 2.45) is 0 Å². The van der Waals surface area contributed by atoms with Crippen molar-refractivity contribution in [2.75, 3.05) is 25.0 Å². The molecule has 2 heteroatoms. The molecule has 0 aromatic heterocycles. The Morgan fingerprint density at radius 2 is 1.88 bits per heavy atom. The van der Waals surface area contributed by atoms with E-state index in [9.17, 15) is 0 Å². The number of piperazine rings is 1. The number of nitrogens with zero attached hydrogens (tertiary/aromatic N) is 2. The summed E-state index contributed by atoms with van der Waals surface area (Å²) in [5.74, 6) is 0. The second-order valence-electron chi connectivity index (χ2n) is 4.99. The van der Waals surface area contributed by atoms with Crippen molar-refractivity contribution in [3.8, 4) is 0 Å². The summed E-state index contributed by atoms with van der Waals surface area (Å²) < 4.78 is 0. The van der Waals surface area contributed by atoms with E-state index in [0.717, 1.165) is 13.1 Å². The minimum atomic E-state index is 0.584. The number of rotatable bonds is 1. The molecule has 1 heterocycles. The average molecular weight is 218 g/mol. The number of aryl methyl sites for hydroxylation is 1. The van der Waals surface area contributed by atoms with Gasteiger partial charge in [0, 0.05) is 30.9 Å². The SMILES string of the molecule is Cc1cccc(N2CCN(C)C(C)C2C)c1. The Morgan fingerprint density at radius 3 is 2.56 bits per heavy atom. The van der Waals surface area contributed by atoms with Gasteiger partial charge in [0.05, 0.1) is 0 Å². The van der Waals surface area contributed by atoms with Crippen LogP contribution in [0.3, 0.4) is 0 Å². The molecule has 2 unspecified atom stereocenters. The molecule has 1 aliphatic heterocycles. The highest BCUT2D eigenvalue weighted by Gasteiger charge is 2.28. The van der Waals surface area contributed by atoms with E-state index in [1.807, 2.05) is 0 Å². The van der Waals surface area contributed by atoms with Crippen molar-refractivity contribution in [2.45, 2.75) is 32.9 Å².